The van der Waals surface area contributed by atoms with Gasteiger partial charge in [0.05, 0.1) is 5.76 Å². The van der Waals surface area contributed by atoms with Crippen LogP contribution in [0.5, 0.6) is 0 Å². The number of aromatic amines is 1. The van der Waals surface area contributed by atoms with Gasteiger partial charge in [-0.15, -0.1) is 10.2 Å². The minimum absolute atomic E-state index is 0.446. The molecule has 0 atom stereocenters. The lowest BCUT2D eigenvalue weighted by Crippen LogP contribution is -1.99. The Kier molecular flexibility index (Phi) is 4.16. The predicted octanol–water partition coefficient (Wildman–Crippen LogP) is 4.05. The standard InChI is InChI=1S/C19H18N4O2/c1-13-16(11-18(25-13)19-20-22-23-21-19)12-24-17-9-7-15(8-10-17)14-5-3-2-4-6-14/h2-7,9,11H,8,10,12H2,1H3,(H,20,21,22,23). The maximum absolute atomic E-state index is 5.96. The summed E-state index contributed by atoms with van der Waals surface area (Å²) in [7, 11) is 0. The number of hydrogen-bond donors (Lipinski definition) is 1. The third-order valence-corrected chi connectivity index (χ3v) is 4.26. The molecular formula is C19H18N4O2. The molecular weight excluding hydrogens is 316 g/mol. The molecule has 0 fully saturated rings. The van der Waals surface area contributed by atoms with Crippen molar-refractivity contribution in [2.75, 3.05) is 0 Å². The SMILES string of the molecule is Cc1oc(-c2nn[nH]n2)cc1COC1=CC=C(c2ccccc2)CC1. The van der Waals surface area contributed by atoms with Gasteiger partial charge in [-0.3, -0.25) is 0 Å². The Morgan fingerprint density at radius 3 is 2.76 bits per heavy atom. The van der Waals surface area contributed by atoms with Gasteiger partial charge in [0.2, 0.25) is 5.82 Å². The molecule has 1 aliphatic carbocycles. The van der Waals surface area contributed by atoms with Gasteiger partial charge in [0.15, 0.2) is 5.76 Å². The van der Waals surface area contributed by atoms with Crippen LogP contribution < -0.4 is 0 Å². The highest BCUT2D eigenvalue weighted by Gasteiger charge is 2.14. The number of aryl methyl sites for hydroxylation is 1. The normalized spacial score (nSPS) is 14.1. The Bertz CT molecular complexity index is 908. The lowest BCUT2D eigenvalue weighted by Gasteiger charge is -2.16. The van der Waals surface area contributed by atoms with Gasteiger partial charge < -0.3 is 9.15 Å². The number of aromatic nitrogens is 4. The van der Waals surface area contributed by atoms with Gasteiger partial charge in [-0.05, 0) is 41.8 Å². The maximum Gasteiger partial charge on any atom is 0.239 e. The molecule has 6 heteroatoms. The molecule has 3 aromatic rings. The summed E-state index contributed by atoms with van der Waals surface area (Å²) < 4.78 is 11.6. The van der Waals surface area contributed by atoms with Gasteiger partial charge in [0, 0.05) is 12.0 Å². The van der Waals surface area contributed by atoms with Gasteiger partial charge in [0.1, 0.15) is 12.4 Å². The summed E-state index contributed by atoms with van der Waals surface area (Å²) >= 11 is 0. The molecule has 0 bridgehead atoms. The monoisotopic (exact) mass is 334 g/mol. The van der Waals surface area contributed by atoms with Crippen LogP contribution in [0.1, 0.15) is 29.7 Å². The number of rotatable bonds is 5. The second-order valence-corrected chi connectivity index (χ2v) is 5.91. The topological polar surface area (TPSA) is 76.8 Å². The van der Waals surface area contributed by atoms with Crippen LogP contribution in [-0.2, 0) is 11.3 Å². The predicted molar refractivity (Wildman–Crippen MR) is 93.1 cm³/mol. The molecule has 0 aliphatic heterocycles. The zero-order valence-corrected chi connectivity index (χ0v) is 13.9. The summed E-state index contributed by atoms with van der Waals surface area (Å²) in [6.07, 6.45) is 6.08. The van der Waals surface area contributed by atoms with Crippen molar-refractivity contribution >= 4 is 5.57 Å². The molecule has 0 saturated carbocycles. The van der Waals surface area contributed by atoms with E-state index in [9.17, 15) is 0 Å². The van der Waals surface area contributed by atoms with Crippen molar-refractivity contribution in [2.45, 2.75) is 26.4 Å². The average molecular weight is 334 g/mol. The Morgan fingerprint density at radius 2 is 2.04 bits per heavy atom. The van der Waals surface area contributed by atoms with E-state index < -0.39 is 0 Å². The molecule has 1 N–H and O–H groups in total. The van der Waals surface area contributed by atoms with Crippen LogP contribution in [-0.4, -0.2) is 20.6 Å². The van der Waals surface area contributed by atoms with E-state index in [1.54, 1.807) is 0 Å². The van der Waals surface area contributed by atoms with Crippen LogP contribution >= 0.6 is 0 Å². The van der Waals surface area contributed by atoms with Gasteiger partial charge in [-0.1, -0.05) is 36.4 Å². The van der Waals surface area contributed by atoms with Gasteiger partial charge in [0.25, 0.3) is 0 Å². The minimum atomic E-state index is 0.446. The van der Waals surface area contributed by atoms with Gasteiger partial charge in [-0.25, -0.2) is 0 Å². The number of H-pyrrole nitrogens is 1. The molecule has 0 radical (unpaired) electrons. The van der Waals surface area contributed by atoms with Crippen molar-refractivity contribution in [1.82, 2.24) is 20.6 Å². The molecule has 0 saturated heterocycles. The van der Waals surface area contributed by atoms with E-state index >= 15 is 0 Å². The number of benzene rings is 1. The van der Waals surface area contributed by atoms with Crippen molar-refractivity contribution < 1.29 is 9.15 Å². The number of nitrogens with one attached hydrogen (secondary N) is 1. The van der Waals surface area contributed by atoms with Crippen molar-refractivity contribution in [3.8, 4) is 11.6 Å². The number of ether oxygens (including phenoxy) is 1. The smallest absolute Gasteiger partial charge is 0.239 e. The highest BCUT2D eigenvalue weighted by molar-refractivity contribution is 5.68. The molecule has 2 aromatic heterocycles. The Hall–Kier alpha value is -3.15. The Morgan fingerprint density at radius 1 is 1.16 bits per heavy atom. The quantitative estimate of drug-likeness (QED) is 0.762. The summed E-state index contributed by atoms with van der Waals surface area (Å²) in [5.74, 6) is 2.83. The summed E-state index contributed by atoms with van der Waals surface area (Å²) in [6, 6.07) is 12.3. The van der Waals surface area contributed by atoms with Crippen LogP contribution in [0.4, 0.5) is 0 Å². The average Bonchev–Trinajstić information content (AvgIpc) is 3.31. The van der Waals surface area contributed by atoms with Crippen LogP contribution in [0.3, 0.4) is 0 Å². The molecule has 1 aromatic carbocycles. The number of nitrogens with zero attached hydrogens (tertiary/aromatic N) is 3. The second-order valence-electron chi connectivity index (χ2n) is 5.91. The molecule has 0 amide bonds. The van der Waals surface area contributed by atoms with Crippen molar-refractivity contribution in [3.63, 3.8) is 0 Å². The molecule has 0 unspecified atom stereocenters. The molecule has 6 nitrogen and oxygen atoms in total. The highest BCUT2D eigenvalue weighted by atomic mass is 16.5. The first-order chi connectivity index (χ1) is 12.3. The first-order valence-electron chi connectivity index (χ1n) is 8.20. The zero-order chi connectivity index (χ0) is 17.1. The highest BCUT2D eigenvalue weighted by Crippen LogP contribution is 2.28. The number of hydrogen-bond acceptors (Lipinski definition) is 5. The summed E-state index contributed by atoms with van der Waals surface area (Å²) in [5.41, 5.74) is 3.60. The lowest BCUT2D eigenvalue weighted by molar-refractivity contribution is 0.187. The molecule has 2 heterocycles. The van der Waals surface area contributed by atoms with E-state index in [0.29, 0.717) is 18.2 Å². The fourth-order valence-electron chi connectivity index (χ4n) is 2.84. The number of furan rings is 1. The van der Waals surface area contributed by atoms with E-state index in [4.69, 9.17) is 9.15 Å². The Labute approximate surface area is 145 Å². The molecule has 0 spiro atoms. The summed E-state index contributed by atoms with van der Waals surface area (Å²) in [4.78, 5) is 0. The fourth-order valence-corrected chi connectivity index (χ4v) is 2.84. The van der Waals surface area contributed by atoms with Gasteiger partial charge in [-0.2, -0.15) is 5.21 Å². The van der Waals surface area contributed by atoms with E-state index in [0.717, 1.165) is 29.9 Å². The minimum Gasteiger partial charge on any atom is -0.493 e. The van der Waals surface area contributed by atoms with Crippen LogP contribution in [0.15, 0.2) is 58.7 Å². The number of tetrazole rings is 1. The largest absolute Gasteiger partial charge is 0.493 e. The number of allylic oxidation sites excluding steroid dienone is 4. The lowest BCUT2D eigenvalue weighted by atomic mass is 9.97. The van der Waals surface area contributed by atoms with E-state index in [-0.39, 0.29) is 0 Å². The first kappa shape index (κ1) is 15.4. The maximum atomic E-state index is 5.96. The van der Waals surface area contributed by atoms with E-state index in [2.05, 4.69) is 57.0 Å². The fraction of sp³-hybridized carbons (Fsp3) is 0.211. The van der Waals surface area contributed by atoms with E-state index in [1.165, 1.54) is 11.1 Å². The van der Waals surface area contributed by atoms with Crippen LogP contribution in [0.2, 0.25) is 0 Å². The van der Waals surface area contributed by atoms with Crippen LogP contribution in [0, 0.1) is 6.92 Å². The van der Waals surface area contributed by atoms with Crippen molar-refractivity contribution in [3.05, 3.63) is 71.2 Å². The van der Waals surface area contributed by atoms with E-state index in [1.807, 2.05) is 19.1 Å². The first-order valence-corrected chi connectivity index (χ1v) is 8.20. The second kappa shape index (κ2) is 6.76. The third kappa shape index (κ3) is 3.38. The molecule has 1 aliphatic rings. The van der Waals surface area contributed by atoms with Crippen LogP contribution in [0.25, 0.3) is 17.2 Å². The zero-order valence-electron chi connectivity index (χ0n) is 13.9. The Balaban J connectivity index is 1.42. The van der Waals surface area contributed by atoms with Crippen molar-refractivity contribution in [2.24, 2.45) is 0 Å². The molecule has 25 heavy (non-hydrogen) atoms. The summed E-state index contributed by atoms with van der Waals surface area (Å²) in [5, 5.41) is 13.8. The van der Waals surface area contributed by atoms with Gasteiger partial charge >= 0.3 is 0 Å². The molecule has 4 rings (SSSR count). The third-order valence-electron chi connectivity index (χ3n) is 4.26. The molecule has 126 valence electrons. The van der Waals surface area contributed by atoms with Crippen molar-refractivity contribution in [1.29, 1.82) is 0 Å². The summed E-state index contributed by atoms with van der Waals surface area (Å²) in [6.45, 7) is 2.37.